The molecule has 0 aliphatic heterocycles. The fourth-order valence-electron chi connectivity index (χ4n) is 2.33. The van der Waals surface area contributed by atoms with E-state index in [1.54, 1.807) is 12.1 Å². The molecule has 1 amide bonds. The van der Waals surface area contributed by atoms with Crippen LogP contribution in [0.3, 0.4) is 0 Å². The predicted molar refractivity (Wildman–Crippen MR) is 99.2 cm³/mol. The molecule has 0 bridgehead atoms. The van der Waals surface area contributed by atoms with E-state index in [1.165, 1.54) is 6.20 Å². The van der Waals surface area contributed by atoms with Gasteiger partial charge < -0.3 is 9.84 Å². The van der Waals surface area contributed by atoms with E-state index < -0.39 is 11.9 Å². The number of fused-ring (bicyclic) bond motifs is 1. The van der Waals surface area contributed by atoms with E-state index in [1.807, 2.05) is 18.2 Å². The zero-order chi connectivity index (χ0) is 18.5. The number of amides is 1. The molecule has 2 aromatic heterocycles. The van der Waals surface area contributed by atoms with Gasteiger partial charge in [0.05, 0.1) is 23.9 Å². The third kappa shape index (κ3) is 3.97. The zero-order valence-corrected chi connectivity index (χ0v) is 14.9. The number of anilines is 1. The lowest BCUT2D eigenvalue weighted by Crippen LogP contribution is -2.13. The van der Waals surface area contributed by atoms with Crippen molar-refractivity contribution in [3.63, 3.8) is 0 Å². The Morgan fingerprint density at radius 2 is 2.12 bits per heavy atom. The Labute approximate surface area is 153 Å². The number of nitrogens with one attached hydrogen (secondary N) is 1. The van der Waals surface area contributed by atoms with Gasteiger partial charge in [0.2, 0.25) is 5.88 Å². The first-order valence-electron chi connectivity index (χ1n) is 8.11. The number of nitrogens with zero attached hydrogens (tertiary/aromatic N) is 2. The number of benzene rings is 1. The molecule has 1 aromatic carbocycles. The van der Waals surface area contributed by atoms with Crippen molar-refractivity contribution in [3.05, 3.63) is 47.0 Å². The molecule has 0 unspecified atom stereocenters. The maximum atomic E-state index is 12.7. The summed E-state index contributed by atoms with van der Waals surface area (Å²) in [5.74, 6) is -1.09. The SMILES string of the molecule is CCCCOc1cc(C(=O)Nc2ncc(C(=O)O)s2)c2ccccc2n1. The van der Waals surface area contributed by atoms with Crippen LogP contribution in [0.25, 0.3) is 10.9 Å². The molecule has 7 nitrogen and oxygen atoms in total. The molecule has 0 saturated carbocycles. The number of carboxylic acids is 1. The van der Waals surface area contributed by atoms with E-state index in [9.17, 15) is 9.59 Å². The van der Waals surface area contributed by atoms with Gasteiger partial charge in [-0.15, -0.1) is 0 Å². The van der Waals surface area contributed by atoms with Crippen LogP contribution < -0.4 is 10.1 Å². The Morgan fingerprint density at radius 3 is 2.85 bits per heavy atom. The number of aromatic carboxylic acids is 1. The van der Waals surface area contributed by atoms with Gasteiger partial charge in [0.25, 0.3) is 5.91 Å². The van der Waals surface area contributed by atoms with Crippen molar-refractivity contribution in [1.29, 1.82) is 0 Å². The molecule has 8 heteroatoms. The van der Waals surface area contributed by atoms with Gasteiger partial charge in [-0.25, -0.2) is 14.8 Å². The Balaban J connectivity index is 1.90. The average molecular weight is 371 g/mol. The molecule has 3 aromatic rings. The van der Waals surface area contributed by atoms with Crippen LogP contribution in [0.15, 0.2) is 36.5 Å². The molecule has 26 heavy (non-hydrogen) atoms. The lowest BCUT2D eigenvalue weighted by atomic mass is 10.1. The second kappa shape index (κ2) is 7.92. The first-order chi connectivity index (χ1) is 12.6. The van der Waals surface area contributed by atoms with Gasteiger partial charge in [-0.1, -0.05) is 42.9 Å². The summed E-state index contributed by atoms with van der Waals surface area (Å²) in [5.41, 5.74) is 1.05. The maximum Gasteiger partial charge on any atom is 0.347 e. The fraction of sp³-hybridized carbons (Fsp3) is 0.222. The molecular weight excluding hydrogens is 354 g/mol. The number of para-hydroxylation sites is 1. The summed E-state index contributed by atoms with van der Waals surface area (Å²) in [4.78, 5) is 32.1. The number of pyridine rings is 1. The largest absolute Gasteiger partial charge is 0.478 e. The molecule has 0 spiro atoms. The first-order valence-corrected chi connectivity index (χ1v) is 8.93. The number of carboxylic acid groups (broad SMARTS) is 1. The van der Waals surface area contributed by atoms with Crippen molar-refractivity contribution in [1.82, 2.24) is 9.97 Å². The van der Waals surface area contributed by atoms with E-state index in [0.29, 0.717) is 29.0 Å². The third-order valence-corrected chi connectivity index (χ3v) is 4.52. The van der Waals surface area contributed by atoms with Gasteiger partial charge in [0, 0.05) is 11.5 Å². The maximum absolute atomic E-state index is 12.7. The number of carbonyl (C=O) groups excluding carboxylic acids is 1. The predicted octanol–water partition coefficient (Wildman–Crippen LogP) is 3.82. The van der Waals surface area contributed by atoms with Crippen LogP contribution in [0.4, 0.5) is 5.13 Å². The molecular formula is C18H17N3O4S. The van der Waals surface area contributed by atoms with Gasteiger partial charge in [-0.3, -0.25) is 10.1 Å². The number of aromatic nitrogens is 2. The summed E-state index contributed by atoms with van der Waals surface area (Å²) >= 11 is 0.901. The summed E-state index contributed by atoms with van der Waals surface area (Å²) in [6.07, 6.45) is 3.11. The topological polar surface area (TPSA) is 101 Å². The summed E-state index contributed by atoms with van der Waals surface area (Å²) in [7, 11) is 0. The number of hydrogen-bond acceptors (Lipinski definition) is 6. The molecule has 0 radical (unpaired) electrons. The summed E-state index contributed by atoms with van der Waals surface area (Å²) < 4.78 is 5.65. The third-order valence-electron chi connectivity index (χ3n) is 3.62. The van der Waals surface area contributed by atoms with Crippen molar-refractivity contribution in [2.45, 2.75) is 19.8 Å². The zero-order valence-electron chi connectivity index (χ0n) is 14.1. The van der Waals surface area contributed by atoms with Crippen LogP contribution in [-0.2, 0) is 0 Å². The summed E-state index contributed by atoms with van der Waals surface area (Å²) in [6.45, 7) is 2.59. The Bertz CT molecular complexity index is 955. The monoisotopic (exact) mass is 371 g/mol. The number of unbranched alkanes of at least 4 members (excludes halogenated alkanes) is 1. The first kappa shape index (κ1) is 17.8. The minimum Gasteiger partial charge on any atom is -0.478 e. The van der Waals surface area contributed by atoms with Crippen molar-refractivity contribution >= 4 is 39.2 Å². The van der Waals surface area contributed by atoms with Crippen LogP contribution in [0.2, 0.25) is 0 Å². The molecule has 0 atom stereocenters. The molecule has 0 aliphatic carbocycles. The highest BCUT2D eigenvalue weighted by molar-refractivity contribution is 7.17. The average Bonchev–Trinajstić information content (AvgIpc) is 3.10. The Hall–Kier alpha value is -3.00. The standard InChI is InChI=1S/C18H17N3O4S/c1-2-3-8-25-15-9-12(11-6-4-5-7-13(11)20-15)16(22)21-18-19-10-14(26-18)17(23)24/h4-7,9-10H,2-3,8H2,1H3,(H,23,24)(H,19,21,22). The number of ether oxygens (including phenoxy) is 1. The number of rotatable bonds is 7. The molecule has 2 N–H and O–H groups in total. The molecule has 0 aliphatic rings. The quantitative estimate of drug-likeness (QED) is 0.612. The van der Waals surface area contributed by atoms with Crippen molar-refractivity contribution in [2.75, 3.05) is 11.9 Å². The van der Waals surface area contributed by atoms with Gasteiger partial charge >= 0.3 is 5.97 Å². The van der Waals surface area contributed by atoms with E-state index in [0.717, 1.165) is 24.2 Å². The highest BCUT2D eigenvalue weighted by Crippen LogP contribution is 2.24. The minimum atomic E-state index is -1.08. The van der Waals surface area contributed by atoms with Gasteiger partial charge in [0.15, 0.2) is 5.13 Å². The van der Waals surface area contributed by atoms with Gasteiger partial charge in [-0.05, 0) is 12.5 Å². The second-order valence-electron chi connectivity index (χ2n) is 5.52. The summed E-state index contributed by atoms with van der Waals surface area (Å²) in [6, 6.07) is 8.87. The number of hydrogen-bond donors (Lipinski definition) is 2. The second-order valence-corrected chi connectivity index (χ2v) is 6.55. The lowest BCUT2D eigenvalue weighted by molar-refractivity contribution is 0.0701. The minimum absolute atomic E-state index is 0.0588. The summed E-state index contributed by atoms with van der Waals surface area (Å²) in [5, 5.41) is 12.5. The molecule has 2 heterocycles. The van der Waals surface area contributed by atoms with E-state index in [-0.39, 0.29) is 10.0 Å². The molecule has 0 saturated heterocycles. The van der Waals surface area contributed by atoms with Crippen molar-refractivity contribution in [3.8, 4) is 5.88 Å². The fourth-order valence-corrected chi connectivity index (χ4v) is 2.98. The van der Waals surface area contributed by atoms with Crippen LogP contribution in [0.5, 0.6) is 5.88 Å². The van der Waals surface area contributed by atoms with Crippen molar-refractivity contribution < 1.29 is 19.4 Å². The van der Waals surface area contributed by atoms with E-state index in [2.05, 4.69) is 22.2 Å². The molecule has 134 valence electrons. The molecule has 3 rings (SSSR count). The van der Waals surface area contributed by atoms with E-state index in [4.69, 9.17) is 9.84 Å². The number of thiazole rings is 1. The van der Waals surface area contributed by atoms with Crippen LogP contribution >= 0.6 is 11.3 Å². The highest BCUT2D eigenvalue weighted by Gasteiger charge is 2.16. The number of carbonyl (C=O) groups is 2. The Kier molecular flexibility index (Phi) is 5.43. The van der Waals surface area contributed by atoms with Gasteiger partial charge in [0.1, 0.15) is 4.88 Å². The molecule has 0 fully saturated rings. The van der Waals surface area contributed by atoms with Crippen LogP contribution in [-0.4, -0.2) is 33.6 Å². The van der Waals surface area contributed by atoms with Crippen molar-refractivity contribution in [2.24, 2.45) is 0 Å². The normalized spacial score (nSPS) is 10.7. The lowest BCUT2D eigenvalue weighted by Gasteiger charge is -2.10. The smallest absolute Gasteiger partial charge is 0.347 e. The highest BCUT2D eigenvalue weighted by atomic mass is 32.1. The van der Waals surface area contributed by atoms with E-state index >= 15 is 0 Å². The van der Waals surface area contributed by atoms with Crippen LogP contribution in [0.1, 0.15) is 39.8 Å². The Morgan fingerprint density at radius 1 is 1.31 bits per heavy atom. The van der Waals surface area contributed by atoms with Gasteiger partial charge in [-0.2, -0.15) is 0 Å². The van der Waals surface area contributed by atoms with Crippen LogP contribution in [0, 0.1) is 0 Å².